The average molecular weight is 229 g/mol. The Bertz CT molecular complexity index is 243. The molecule has 5 heteroatoms. The molecule has 0 saturated carbocycles. The van der Waals surface area contributed by atoms with Gasteiger partial charge in [-0.15, -0.1) is 0 Å². The van der Waals surface area contributed by atoms with E-state index in [0.29, 0.717) is 19.5 Å². The van der Waals surface area contributed by atoms with Crippen molar-refractivity contribution in [1.82, 2.24) is 15.5 Å². The molecule has 0 aromatic heterocycles. The number of hydrogen-bond acceptors (Lipinski definition) is 4. The largest absolute Gasteiger partial charge is 0.389 e. The number of rotatable bonds is 4. The van der Waals surface area contributed by atoms with Crippen molar-refractivity contribution in [2.45, 2.75) is 31.9 Å². The second kappa shape index (κ2) is 5.61. The maximum Gasteiger partial charge on any atom is 0.238 e. The van der Waals surface area contributed by atoms with Crippen molar-refractivity contribution in [2.75, 3.05) is 33.2 Å². The molecule has 16 heavy (non-hydrogen) atoms. The summed E-state index contributed by atoms with van der Waals surface area (Å²) in [6, 6.07) is -0.170. The number of amides is 1. The normalized spacial score (nSPS) is 26.1. The molecule has 1 aliphatic rings. The van der Waals surface area contributed by atoms with Gasteiger partial charge in [0, 0.05) is 33.2 Å². The van der Waals surface area contributed by atoms with Gasteiger partial charge in [-0.25, -0.2) is 0 Å². The molecule has 2 unspecified atom stereocenters. The van der Waals surface area contributed by atoms with Gasteiger partial charge in [0.2, 0.25) is 5.91 Å². The number of carbonyl (C=O) groups is 1. The highest BCUT2D eigenvalue weighted by atomic mass is 16.3. The predicted molar refractivity (Wildman–Crippen MR) is 63.2 cm³/mol. The maximum absolute atomic E-state index is 11.7. The molecule has 1 aliphatic heterocycles. The first-order valence-electron chi connectivity index (χ1n) is 5.89. The highest BCUT2D eigenvalue weighted by Gasteiger charge is 2.32. The summed E-state index contributed by atoms with van der Waals surface area (Å²) in [5, 5.41) is 15.9. The molecule has 1 heterocycles. The Morgan fingerprint density at radius 2 is 2.38 bits per heavy atom. The third-order valence-corrected chi connectivity index (χ3v) is 3.21. The van der Waals surface area contributed by atoms with Gasteiger partial charge in [0.25, 0.3) is 0 Å². The van der Waals surface area contributed by atoms with Gasteiger partial charge in [-0.2, -0.15) is 0 Å². The summed E-state index contributed by atoms with van der Waals surface area (Å²) in [5.41, 5.74) is -0.719. The minimum atomic E-state index is -0.719. The summed E-state index contributed by atoms with van der Waals surface area (Å²) in [7, 11) is 1.65. The summed E-state index contributed by atoms with van der Waals surface area (Å²) in [5.74, 6) is 0.0131. The Labute approximate surface area is 97.2 Å². The monoisotopic (exact) mass is 229 g/mol. The van der Waals surface area contributed by atoms with Gasteiger partial charge >= 0.3 is 0 Å². The van der Waals surface area contributed by atoms with Gasteiger partial charge in [-0.3, -0.25) is 9.69 Å². The van der Waals surface area contributed by atoms with E-state index in [-0.39, 0.29) is 11.9 Å². The molecule has 0 aliphatic carbocycles. The minimum absolute atomic E-state index is 0.0131. The molecule has 0 aromatic carbocycles. The fraction of sp³-hybridized carbons (Fsp3) is 0.909. The Morgan fingerprint density at radius 1 is 1.69 bits per heavy atom. The van der Waals surface area contributed by atoms with E-state index in [0.717, 1.165) is 13.1 Å². The molecule has 0 bridgehead atoms. The highest BCUT2D eigenvalue weighted by Crippen LogP contribution is 2.14. The van der Waals surface area contributed by atoms with Crippen LogP contribution in [0, 0.1) is 0 Å². The molecule has 1 fully saturated rings. The van der Waals surface area contributed by atoms with Crippen LogP contribution >= 0.6 is 0 Å². The second-order valence-corrected chi connectivity index (χ2v) is 4.66. The van der Waals surface area contributed by atoms with Crippen LogP contribution in [0.4, 0.5) is 0 Å². The SMILES string of the molecule is CCC(C)(O)CN1CCNCC1C(=O)NC. The number of nitrogens with one attached hydrogen (secondary N) is 2. The van der Waals surface area contributed by atoms with Gasteiger partial charge in [-0.1, -0.05) is 6.92 Å². The zero-order valence-electron chi connectivity index (χ0n) is 10.4. The summed E-state index contributed by atoms with van der Waals surface area (Å²) in [4.78, 5) is 13.7. The van der Waals surface area contributed by atoms with Gasteiger partial charge in [-0.05, 0) is 13.3 Å². The van der Waals surface area contributed by atoms with Crippen molar-refractivity contribution in [3.05, 3.63) is 0 Å². The molecular formula is C11H23N3O2. The van der Waals surface area contributed by atoms with E-state index >= 15 is 0 Å². The van der Waals surface area contributed by atoms with Gasteiger partial charge in [0.15, 0.2) is 0 Å². The topological polar surface area (TPSA) is 64.6 Å². The van der Waals surface area contributed by atoms with Crippen LogP contribution in [0.25, 0.3) is 0 Å². The van der Waals surface area contributed by atoms with E-state index in [9.17, 15) is 9.90 Å². The number of carbonyl (C=O) groups excluding carboxylic acids is 1. The fourth-order valence-electron chi connectivity index (χ4n) is 1.91. The molecule has 5 nitrogen and oxygen atoms in total. The van der Waals surface area contributed by atoms with Crippen LogP contribution < -0.4 is 10.6 Å². The van der Waals surface area contributed by atoms with E-state index in [1.807, 2.05) is 13.8 Å². The first-order chi connectivity index (χ1) is 7.50. The summed E-state index contributed by atoms with van der Waals surface area (Å²) in [6.07, 6.45) is 0.692. The molecule has 1 rings (SSSR count). The van der Waals surface area contributed by atoms with Crippen LogP contribution in [0.5, 0.6) is 0 Å². The smallest absolute Gasteiger partial charge is 0.238 e. The molecule has 1 saturated heterocycles. The van der Waals surface area contributed by atoms with E-state index in [2.05, 4.69) is 15.5 Å². The zero-order chi connectivity index (χ0) is 12.2. The van der Waals surface area contributed by atoms with E-state index in [1.165, 1.54) is 0 Å². The molecule has 0 aromatic rings. The molecule has 3 N–H and O–H groups in total. The van der Waals surface area contributed by atoms with Crippen molar-refractivity contribution in [1.29, 1.82) is 0 Å². The van der Waals surface area contributed by atoms with Crippen molar-refractivity contribution in [2.24, 2.45) is 0 Å². The first-order valence-corrected chi connectivity index (χ1v) is 5.89. The maximum atomic E-state index is 11.7. The molecule has 2 atom stereocenters. The fourth-order valence-corrected chi connectivity index (χ4v) is 1.91. The Kier molecular flexibility index (Phi) is 4.70. The summed E-state index contributed by atoms with van der Waals surface area (Å²) >= 11 is 0. The van der Waals surface area contributed by atoms with Crippen LogP contribution in [0.3, 0.4) is 0 Å². The van der Waals surface area contributed by atoms with Crippen molar-refractivity contribution in [3.63, 3.8) is 0 Å². The lowest BCUT2D eigenvalue weighted by Crippen LogP contribution is -2.60. The standard InChI is InChI=1S/C11H23N3O2/c1-4-11(2,16)8-14-6-5-13-7-9(14)10(15)12-3/h9,13,16H,4-8H2,1-3H3,(H,12,15). The number of β-amino-alcohol motifs (C(OH)–C–C–N with tert-alkyl or cyclic N) is 1. The number of nitrogens with zero attached hydrogens (tertiary/aromatic N) is 1. The molecule has 0 radical (unpaired) electrons. The number of hydrogen-bond donors (Lipinski definition) is 3. The molecule has 94 valence electrons. The van der Waals surface area contributed by atoms with E-state index < -0.39 is 5.60 Å². The van der Waals surface area contributed by atoms with E-state index in [4.69, 9.17) is 0 Å². The Balaban J connectivity index is 2.63. The molecule has 1 amide bonds. The third kappa shape index (κ3) is 3.43. The Morgan fingerprint density at radius 3 is 2.94 bits per heavy atom. The van der Waals surface area contributed by atoms with Gasteiger partial charge < -0.3 is 15.7 Å². The quantitative estimate of drug-likeness (QED) is 0.588. The number of likely N-dealkylation sites (N-methyl/N-ethyl adjacent to an activating group) is 1. The number of aliphatic hydroxyl groups is 1. The van der Waals surface area contributed by atoms with Crippen LogP contribution in [0.1, 0.15) is 20.3 Å². The summed E-state index contributed by atoms with van der Waals surface area (Å²) in [6.45, 7) is 6.64. The molecule has 0 spiro atoms. The van der Waals surface area contributed by atoms with Crippen molar-refractivity contribution in [3.8, 4) is 0 Å². The summed E-state index contributed by atoms with van der Waals surface area (Å²) < 4.78 is 0. The highest BCUT2D eigenvalue weighted by molar-refractivity contribution is 5.81. The van der Waals surface area contributed by atoms with Gasteiger partial charge in [0.1, 0.15) is 6.04 Å². The van der Waals surface area contributed by atoms with E-state index in [1.54, 1.807) is 7.05 Å². The first kappa shape index (κ1) is 13.4. The molecular weight excluding hydrogens is 206 g/mol. The van der Waals surface area contributed by atoms with Crippen LogP contribution in [-0.4, -0.2) is 60.8 Å². The predicted octanol–water partition coefficient (Wildman–Crippen LogP) is -0.833. The number of piperazine rings is 1. The lowest BCUT2D eigenvalue weighted by molar-refractivity contribution is -0.128. The zero-order valence-corrected chi connectivity index (χ0v) is 10.4. The minimum Gasteiger partial charge on any atom is -0.389 e. The van der Waals surface area contributed by atoms with Crippen LogP contribution in [0.15, 0.2) is 0 Å². The third-order valence-electron chi connectivity index (χ3n) is 3.21. The second-order valence-electron chi connectivity index (χ2n) is 4.66. The lowest BCUT2D eigenvalue weighted by atomic mass is 10.0. The van der Waals surface area contributed by atoms with Crippen molar-refractivity contribution < 1.29 is 9.90 Å². The van der Waals surface area contributed by atoms with Crippen LogP contribution in [-0.2, 0) is 4.79 Å². The van der Waals surface area contributed by atoms with Crippen molar-refractivity contribution >= 4 is 5.91 Å². The van der Waals surface area contributed by atoms with Crippen LogP contribution in [0.2, 0.25) is 0 Å². The average Bonchev–Trinajstić information content (AvgIpc) is 2.28. The lowest BCUT2D eigenvalue weighted by Gasteiger charge is -2.38. The Hall–Kier alpha value is -0.650. The van der Waals surface area contributed by atoms with Gasteiger partial charge in [0.05, 0.1) is 5.60 Å².